The second kappa shape index (κ2) is 9.04. The lowest BCUT2D eigenvalue weighted by Crippen LogP contribution is -2.35. The summed E-state index contributed by atoms with van der Waals surface area (Å²) in [4.78, 5) is 0.287. The SMILES string of the molecule is CCC(CC)(CCO)CN[C@H](C)c1ccn(S(=O)(=O)c2ccc(C)cc2)c1. The van der Waals surface area contributed by atoms with Crippen molar-refractivity contribution in [3.8, 4) is 0 Å². The van der Waals surface area contributed by atoms with Gasteiger partial charge in [0.05, 0.1) is 4.90 Å². The summed E-state index contributed by atoms with van der Waals surface area (Å²) in [6.07, 6.45) is 6.03. The summed E-state index contributed by atoms with van der Waals surface area (Å²) < 4.78 is 26.9. The van der Waals surface area contributed by atoms with Gasteiger partial charge in [-0.25, -0.2) is 12.4 Å². The molecule has 1 atom stereocenters. The van der Waals surface area contributed by atoms with E-state index in [-0.39, 0.29) is 23.0 Å². The molecule has 2 N–H and O–H groups in total. The molecular weight excluding hydrogens is 360 g/mol. The predicted molar refractivity (Wildman–Crippen MR) is 109 cm³/mol. The highest BCUT2D eigenvalue weighted by molar-refractivity contribution is 7.90. The smallest absolute Gasteiger partial charge is 0.267 e. The summed E-state index contributed by atoms with van der Waals surface area (Å²) in [6.45, 7) is 9.24. The van der Waals surface area contributed by atoms with Gasteiger partial charge in [-0.2, -0.15) is 0 Å². The normalized spacial score (nSPS) is 13.7. The fourth-order valence-corrected chi connectivity index (χ4v) is 4.50. The van der Waals surface area contributed by atoms with Crippen molar-refractivity contribution in [1.82, 2.24) is 9.29 Å². The monoisotopic (exact) mass is 392 g/mol. The molecule has 0 saturated carbocycles. The van der Waals surface area contributed by atoms with Crippen LogP contribution in [-0.2, 0) is 10.0 Å². The summed E-state index contributed by atoms with van der Waals surface area (Å²) in [5, 5.41) is 12.9. The van der Waals surface area contributed by atoms with E-state index >= 15 is 0 Å². The van der Waals surface area contributed by atoms with Crippen molar-refractivity contribution in [2.45, 2.75) is 57.9 Å². The number of hydrogen-bond donors (Lipinski definition) is 2. The molecule has 1 heterocycles. The minimum atomic E-state index is -3.57. The molecule has 1 aromatic heterocycles. The van der Waals surface area contributed by atoms with Crippen LogP contribution in [0.3, 0.4) is 0 Å². The Morgan fingerprint density at radius 1 is 1.15 bits per heavy atom. The average molecular weight is 393 g/mol. The maximum absolute atomic E-state index is 12.8. The average Bonchev–Trinajstić information content (AvgIpc) is 3.16. The van der Waals surface area contributed by atoms with Gasteiger partial charge in [0, 0.05) is 31.6 Å². The van der Waals surface area contributed by atoms with Gasteiger partial charge >= 0.3 is 0 Å². The van der Waals surface area contributed by atoms with Crippen LogP contribution in [0.15, 0.2) is 47.6 Å². The van der Waals surface area contributed by atoms with Gasteiger partial charge in [0.15, 0.2) is 0 Å². The first-order valence-corrected chi connectivity index (χ1v) is 11.1. The van der Waals surface area contributed by atoms with E-state index < -0.39 is 10.0 Å². The van der Waals surface area contributed by atoms with Crippen LogP contribution in [0.25, 0.3) is 0 Å². The van der Waals surface area contributed by atoms with E-state index in [1.807, 2.05) is 19.9 Å². The molecule has 2 rings (SSSR count). The molecule has 150 valence electrons. The number of hydrogen-bond acceptors (Lipinski definition) is 4. The zero-order chi connectivity index (χ0) is 20.1. The van der Waals surface area contributed by atoms with Crippen molar-refractivity contribution in [2.24, 2.45) is 5.41 Å². The molecular formula is C21H32N2O3S. The summed E-state index contributed by atoms with van der Waals surface area (Å²) in [6, 6.07) is 8.75. The highest BCUT2D eigenvalue weighted by atomic mass is 32.2. The topological polar surface area (TPSA) is 71.3 Å². The number of nitrogens with zero attached hydrogens (tertiary/aromatic N) is 1. The van der Waals surface area contributed by atoms with Gasteiger partial charge in [-0.05, 0) is 62.3 Å². The second-order valence-corrected chi connectivity index (χ2v) is 9.22. The summed E-state index contributed by atoms with van der Waals surface area (Å²) in [5.74, 6) is 0. The molecule has 1 aromatic carbocycles. The van der Waals surface area contributed by atoms with Crippen molar-refractivity contribution in [3.63, 3.8) is 0 Å². The maximum Gasteiger partial charge on any atom is 0.267 e. The van der Waals surface area contributed by atoms with Crippen LogP contribution >= 0.6 is 0 Å². The number of aliphatic hydroxyl groups is 1. The Balaban J connectivity index is 2.13. The number of rotatable bonds is 10. The van der Waals surface area contributed by atoms with Crippen molar-refractivity contribution in [1.29, 1.82) is 0 Å². The molecule has 0 amide bonds. The second-order valence-electron chi connectivity index (χ2n) is 7.38. The van der Waals surface area contributed by atoms with Crippen LogP contribution < -0.4 is 5.32 Å². The van der Waals surface area contributed by atoms with Crippen LogP contribution in [0.1, 0.15) is 57.2 Å². The van der Waals surface area contributed by atoms with Crippen LogP contribution in [0.4, 0.5) is 0 Å². The largest absolute Gasteiger partial charge is 0.396 e. The molecule has 0 aliphatic rings. The van der Waals surface area contributed by atoms with Gasteiger partial charge in [-0.3, -0.25) is 0 Å². The van der Waals surface area contributed by atoms with Crippen molar-refractivity contribution >= 4 is 10.0 Å². The lowest BCUT2D eigenvalue weighted by Gasteiger charge is -2.32. The van der Waals surface area contributed by atoms with E-state index in [1.54, 1.807) is 36.7 Å². The molecule has 6 heteroatoms. The summed E-state index contributed by atoms with van der Waals surface area (Å²) in [7, 11) is -3.57. The van der Waals surface area contributed by atoms with Crippen molar-refractivity contribution in [2.75, 3.05) is 13.2 Å². The standard InChI is InChI=1S/C21H32N2O3S/c1-5-21(6-2,12-14-24)16-22-18(4)19-11-13-23(15-19)27(25,26)20-9-7-17(3)8-10-20/h7-11,13,15,18,22,24H,5-6,12,14,16H2,1-4H3/t18-/m1/s1. The van der Waals surface area contributed by atoms with E-state index in [2.05, 4.69) is 19.2 Å². The number of aromatic nitrogens is 1. The molecule has 27 heavy (non-hydrogen) atoms. The summed E-state index contributed by atoms with van der Waals surface area (Å²) in [5.41, 5.74) is 2.02. The lowest BCUT2D eigenvalue weighted by molar-refractivity contribution is 0.160. The quantitative estimate of drug-likeness (QED) is 0.644. The third-order valence-electron chi connectivity index (χ3n) is 5.71. The third kappa shape index (κ3) is 5.00. The number of aliphatic hydroxyl groups excluding tert-OH is 1. The molecule has 0 spiro atoms. The first-order valence-electron chi connectivity index (χ1n) is 9.62. The Hall–Kier alpha value is -1.63. The van der Waals surface area contributed by atoms with Crippen molar-refractivity contribution in [3.05, 3.63) is 53.9 Å². The fraction of sp³-hybridized carbons (Fsp3) is 0.524. The number of benzene rings is 1. The highest BCUT2D eigenvalue weighted by Gasteiger charge is 2.26. The highest BCUT2D eigenvalue weighted by Crippen LogP contribution is 2.30. The molecule has 0 aliphatic heterocycles. The van der Waals surface area contributed by atoms with Gasteiger partial charge in [0.1, 0.15) is 0 Å². The molecule has 0 bridgehead atoms. The van der Waals surface area contributed by atoms with E-state index in [1.165, 1.54) is 3.97 Å². The first kappa shape index (κ1) is 21.7. The van der Waals surface area contributed by atoms with E-state index in [0.29, 0.717) is 0 Å². The Kier molecular flexibility index (Phi) is 7.25. The Morgan fingerprint density at radius 2 is 1.78 bits per heavy atom. The Morgan fingerprint density at radius 3 is 2.33 bits per heavy atom. The predicted octanol–water partition coefficient (Wildman–Crippen LogP) is 3.87. The Bertz CT molecular complexity index is 821. The lowest BCUT2D eigenvalue weighted by atomic mass is 9.79. The van der Waals surface area contributed by atoms with E-state index in [4.69, 9.17) is 0 Å². The molecule has 0 aliphatic carbocycles. The first-order chi connectivity index (χ1) is 12.8. The maximum atomic E-state index is 12.8. The van der Waals surface area contributed by atoms with Crippen LogP contribution in [-0.4, -0.2) is 30.6 Å². The molecule has 5 nitrogen and oxygen atoms in total. The van der Waals surface area contributed by atoms with E-state index in [9.17, 15) is 13.5 Å². The van der Waals surface area contributed by atoms with Gasteiger partial charge in [-0.15, -0.1) is 0 Å². The van der Waals surface area contributed by atoms with E-state index in [0.717, 1.165) is 36.9 Å². The van der Waals surface area contributed by atoms with Gasteiger partial charge < -0.3 is 10.4 Å². The van der Waals surface area contributed by atoms with Gasteiger partial charge in [-0.1, -0.05) is 31.5 Å². The minimum absolute atomic E-state index is 0.0237. The zero-order valence-electron chi connectivity index (χ0n) is 16.8. The number of nitrogens with one attached hydrogen (secondary N) is 1. The summed E-state index contributed by atoms with van der Waals surface area (Å²) >= 11 is 0. The molecule has 2 aromatic rings. The minimum Gasteiger partial charge on any atom is -0.396 e. The van der Waals surface area contributed by atoms with Crippen molar-refractivity contribution < 1.29 is 13.5 Å². The van der Waals surface area contributed by atoms with Gasteiger partial charge in [0.2, 0.25) is 0 Å². The zero-order valence-corrected chi connectivity index (χ0v) is 17.6. The Labute approximate surface area is 163 Å². The van der Waals surface area contributed by atoms with Gasteiger partial charge in [0.25, 0.3) is 10.0 Å². The molecule has 0 fully saturated rings. The number of aryl methyl sites for hydroxylation is 1. The molecule has 0 radical (unpaired) electrons. The molecule has 0 saturated heterocycles. The van der Waals surface area contributed by atoms with Crippen LogP contribution in [0, 0.1) is 12.3 Å². The molecule has 0 unspecified atom stereocenters. The van der Waals surface area contributed by atoms with Crippen LogP contribution in [0.5, 0.6) is 0 Å². The third-order valence-corrected chi connectivity index (χ3v) is 7.36. The van der Waals surface area contributed by atoms with Crippen LogP contribution in [0.2, 0.25) is 0 Å². The fourth-order valence-electron chi connectivity index (χ4n) is 3.30.